The second kappa shape index (κ2) is 14.5. The van der Waals surface area contributed by atoms with Gasteiger partial charge in [0, 0.05) is 30.4 Å². The molecule has 48 heavy (non-hydrogen) atoms. The van der Waals surface area contributed by atoms with Crippen molar-refractivity contribution < 1.29 is 0 Å². The molecule has 0 N–H and O–H groups in total. The van der Waals surface area contributed by atoms with Crippen LogP contribution in [0.4, 0.5) is 34.3 Å². The molecule has 0 radical (unpaired) electrons. The van der Waals surface area contributed by atoms with Crippen molar-refractivity contribution in [2.45, 2.75) is 0 Å². The van der Waals surface area contributed by atoms with E-state index in [2.05, 4.69) is 83.0 Å². The molecule has 7 aromatic rings. The van der Waals surface area contributed by atoms with Crippen LogP contribution in [0, 0.1) is 0 Å². The largest absolute Gasteiger partial charge is 0.265 e. The van der Waals surface area contributed by atoms with Gasteiger partial charge in [0.05, 0.1) is 28.9 Å². The molecule has 0 aliphatic carbocycles. The van der Waals surface area contributed by atoms with Crippen molar-refractivity contribution in [3.05, 3.63) is 164 Å². The van der Waals surface area contributed by atoms with Crippen LogP contribution in [0.15, 0.2) is 195 Å². The minimum absolute atomic E-state index is 0.547. The summed E-state index contributed by atoms with van der Waals surface area (Å²) in [6.07, 6.45) is 8.48. The molecule has 0 spiro atoms. The lowest BCUT2D eigenvalue weighted by Gasteiger charge is -2.18. The molecular formula is C39H27N9. The normalized spacial score (nSPS) is 11.5. The Morgan fingerprint density at radius 3 is 1.71 bits per heavy atom. The molecule has 0 unspecified atom stereocenters. The summed E-state index contributed by atoms with van der Waals surface area (Å²) < 4.78 is 0. The SMILES string of the molecule is c1ccc(-c2c(N=Nc3ccncc3)ccc(-c3ccc(N=Nc4cccnc4)cc3)c2-c2ccc(N=Nc3ccccn3)cc2)cc1. The van der Waals surface area contributed by atoms with E-state index < -0.39 is 0 Å². The van der Waals surface area contributed by atoms with Crippen LogP contribution in [0.1, 0.15) is 0 Å². The molecule has 3 aromatic heterocycles. The van der Waals surface area contributed by atoms with Crippen molar-refractivity contribution in [3.63, 3.8) is 0 Å². The first-order valence-electron chi connectivity index (χ1n) is 15.2. The molecule has 0 fully saturated rings. The van der Waals surface area contributed by atoms with Gasteiger partial charge in [0.25, 0.3) is 0 Å². The Hall–Kier alpha value is -6.87. The van der Waals surface area contributed by atoms with E-state index in [0.717, 1.165) is 44.8 Å². The monoisotopic (exact) mass is 621 g/mol. The Labute approximate surface area is 277 Å². The van der Waals surface area contributed by atoms with E-state index in [9.17, 15) is 0 Å². The summed E-state index contributed by atoms with van der Waals surface area (Å²) in [6.45, 7) is 0. The highest BCUT2D eigenvalue weighted by atomic mass is 15.1. The third kappa shape index (κ3) is 7.16. The summed E-state index contributed by atoms with van der Waals surface area (Å²) in [4.78, 5) is 12.4. The van der Waals surface area contributed by atoms with Crippen LogP contribution < -0.4 is 0 Å². The van der Waals surface area contributed by atoms with Gasteiger partial charge in [-0.05, 0) is 94.5 Å². The molecule has 0 saturated carbocycles. The minimum atomic E-state index is 0.547. The number of hydrogen-bond acceptors (Lipinski definition) is 9. The first-order valence-corrected chi connectivity index (χ1v) is 15.2. The lowest BCUT2D eigenvalue weighted by molar-refractivity contribution is 1.15. The lowest BCUT2D eigenvalue weighted by Crippen LogP contribution is -1.91. The number of nitrogens with zero attached hydrogens (tertiary/aromatic N) is 9. The zero-order valence-corrected chi connectivity index (χ0v) is 25.6. The van der Waals surface area contributed by atoms with Crippen molar-refractivity contribution in [2.24, 2.45) is 30.7 Å². The van der Waals surface area contributed by atoms with E-state index in [-0.39, 0.29) is 0 Å². The molecule has 9 heteroatoms. The second-order valence-corrected chi connectivity index (χ2v) is 10.5. The van der Waals surface area contributed by atoms with Crippen LogP contribution in [-0.2, 0) is 0 Å². The van der Waals surface area contributed by atoms with Gasteiger partial charge in [0.2, 0.25) is 0 Å². The summed E-state index contributed by atoms with van der Waals surface area (Å²) >= 11 is 0. The zero-order valence-electron chi connectivity index (χ0n) is 25.6. The van der Waals surface area contributed by atoms with Crippen molar-refractivity contribution >= 4 is 34.3 Å². The number of azo groups is 3. The molecule has 0 atom stereocenters. The number of hydrogen-bond donors (Lipinski definition) is 0. The smallest absolute Gasteiger partial charge is 0.174 e. The molecular weight excluding hydrogens is 594 g/mol. The first-order chi connectivity index (χ1) is 23.8. The van der Waals surface area contributed by atoms with Crippen molar-refractivity contribution in [3.8, 4) is 33.4 Å². The summed E-state index contributed by atoms with van der Waals surface area (Å²) in [5, 5.41) is 26.7. The topological polar surface area (TPSA) is 113 Å². The molecule has 0 aliphatic heterocycles. The fourth-order valence-corrected chi connectivity index (χ4v) is 5.09. The van der Waals surface area contributed by atoms with Gasteiger partial charge in [0.1, 0.15) is 5.69 Å². The standard InChI is InChI=1S/C39H27N9/c1-2-7-29(8-3-1)39-36(47-44-33-21-25-40-26-22-33)20-19-35(28-11-15-31(16-12-28)43-46-34-9-6-23-41-27-34)38(39)30-13-17-32(18-14-30)45-48-37-10-4-5-24-42-37/h1-27H. The maximum Gasteiger partial charge on any atom is 0.174 e. The van der Waals surface area contributed by atoms with Crippen molar-refractivity contribution in [1.82, 2.24) is 15.0 Å². The average Bonchev–Trinajstić information content (AvgIpc) is 3.17. The van der Waals surface area contributed by atoms with Gasteiger partial charge < -0.3 is 0 Å². The number of pyridine rings is 3. The van der Waals surface area contributed by atoms with Crippen LogP contribution >= 0.6 is 0 Å². The van der Waals surface area contributed by atoms with Crippen LogP contribution in [0.2, 0.25) is 0 Å². The third-order valence-corrected chi connectivity index (χ3v) is 7.36. The molecule has 0 aliphatic rings. The van der Waals surface area contributed by atoms with E-state index in [4.69, 9.17) is 5.11 Å². The maximum absolute atomic E-state index is 4.75. The van der Waals surface area contributed by atoms with Gasteiger partial charge >= 0.3 is 0 Å². The van der Waals surface area contributed by atoms with E-state index in [1.165, 1.54) is 0 Å². The Morgan fingerprint density at radius 1 is 0.354 bits per heavy atom. The number of benzene rings is 4. The fourth-order valence-electron chi connectivity index (χ4n) is 5.09. The van der Waals surface area contributed by atoms with Crippen LogP contribution in [-0.4, -0.2) is 15.0 Å². The van der Waals surface area contributed by atoms with E-state index >= 15 is 0 Å². The lowest BCUT2D eigenvalue weighted by atomic mass is 9.86. The van der Waals surface area contributed by atoms with Crippen LogP contribution in [0.3, 0.4) is 0 Å². The highest BCUT2D eigenvalue weighted by molar-refractivity contribution is 5.99. The molecule has 0 amide bonds. The Kier molecular flexibility index (Phi) is 9.00. The summed E-state index contributed by atoms with van der Waals surface area (Å²) in [7, 11) is 0. The van der Waals surface area contributed by atoms with Gasteiger partial charge in [-0.3, -0.25) is 9.97 Å². The van der Waals surface area contributed by atoms with Gasteiger partial charge in [-0.15, -0.1) is 20.5 Å². The Balaban J connectivity index is 1.34. The van der Waals surface area contributed by atoms with E-state index in [1.54, 1.807) is 31.0 Å². The van der Waals surface area contributed by atoms with E-state index in [1.807, 2.05) is 91.0 Å². The average molecular weight is 622 g/mol. The summed E-state index contributed by atoms with van der Waals surface area (Å²) in [5.74, 6) is 0.547. The predicted octanol–water partition coefficient (Wildman–Crippen LogP) is 12.1. The quantitative estimate of drug-likeness (QED) is 0.149. The molecule has 9 nitrogen and oxygen atoms in total. The highest BCUT2D eigenvalue weighted by Crippen LogP contribution is 2.46. The zero-order chi connectivity index (χ0) is 32.4. The van der Waals surface area contributed by atoms with Crippen molar-refractivity contribution in [2.75, 3.05) is 0 Å². The molecule has 0 saturated heterocycles. The predicted molar refractivity (Wildman–Crippen MR) is 188 cm³/mol. The first kappa shape index (κ1) is 29.8. The third-order valence-electron chi connectivity index (χ3n) is 7.36. The molecule has 4 aromatic carbocycles. The molecule has 0 bridgehead atoms. The Bertz CT molecular complexity index is 2190. The van der Waals surface area contributed by atoms with Gasteiger partial charge in [0.15, 0.2) is 5.82 Å². The maximum atomic E-state index is 4.75. The number of rotatable bonds is 9. The van der Waals surface area contributed by atoms with Crippen molar-refractivity contribution in [1.29, 1.82) is 0 Å². The molecule has 228 valence electrons. The highest BCUT2D eigenvalue weighted by Gasteiger charge is 2.19. The van der Waals surface area contributed by atoms with Gasteiger partial charge in [-0.2, -0.15) is 10.2 Å². The summed E-state index contributed by atoms with van der Waals surface area (Å²) in [6, 6.07) is 43.3. The van der Waals surface area contributed by atoms with Gasteiger partial charge in [-0.1, -0.05) is 66.7 Å². The molecule has 7 rings (SSSR count). The minimum Gasteiger partial charge on any atom is -0.265 e. The Morgan fingerprint density at radius 2 is 1.00 bits per heavy atom. The van der Waals surface area contributed by atoms with Crippen LogP contribution in [0.25, 0.3) is 33.4 Å². The van der Waals surface area contributed by atoms with Gasteiger partial charge in [-0.25, -0.2) is 4.98 Å². The molecule has 3 heterocycles. The fraction of sp³-hybridized carbons (Fsp3) is 0. The summed E-state index contributed by atoms with van der Waals surface area (Å²) in [5.41, 5.74) is 9.58. The van der Waals surface area contributed by atoms with Crippen LogP contribution in [0.5, 0.6) is 0 Å². The van der Waals surface area contributed by atoms with E-state index in [0.29, 0.717) is 22.9 Å². The number of aromatic nitrogens is 3. The second-order valence-electron chi connectivity index (χ2n) is 10.5.